The van der Waals surface area contributed by atoms with Crippen LogP contribution in [0.2, 0.25) is 0 Å². The molecular formula is C18H26N4O3. The number of carbonyl (C=O) groups excluding carboxylic acids is 1. The molecule has 0 saturated heterocycles. The highest BCUT2D eigenvalue weighted by Gasteiger charge is 2.28. The van der Waals surface area contributed by atoms with E-state index in [-0.39, 0.29) is 17.5 Å². The van der Waals surface area contributed by atoms with Crippen molar-refractivity contribution in [2.45, 2.75) is 72.5 Å². The number of amides is 1. The second-order valence-corrected chi connectivity index (χ2v) is 8.53. The molecule has 2 heterocycles. The summed E-state index contributed by atoms with van der Waals surface area (Å²) in [7, 11) is 0. The van der Waals surface area contributed by atoms with Gasteiger partial charge in [0, 0.05) is 17.8 Å². The summed E-state index contributed by atoms with van der Waals surface area (Å²) in [6, 6.07) is 1.89. The van der Waals surface area contributed by atoms with Crippen molar-refractivity contribution in [2.75, 3.05) is 0 Å². The molecule has 1 amide bonds. The van der Waals surface area contributed by atoms with E-state index < -0.39 is 22.7 Å². The maximum Gasteiger partial charge on any atom is 0.331 e. The largest absolute Gasteiger partial charge is 0.350 e. The zero-order valence-corrected chi connectivity index (χ0v) is 15.6. The number of hydrogen-bond acceptors (Lipinski definition) is 4. The molecule has 0 unspecified atom stereocenters. The number of fused-ring (bicyclic) bond motifs is 1. The van der Waals surface area contributed by atoms with E-state index >= 15 is 0 Å². The first-order chi connectivity index (χ1) is 11.4. The standard InChI is InChI=1S/C18H26N4O3/c1-17(2,3)11-18(4,5)20-14(23)10-22-15(24)12(9-19)13-7-6-8-21(13)16(22)25/h6-8,10-11H2,1-5H3,(H,20,23). The first-order valence-corrected chi connectivity index (χ1v) is 8.53. The predicted molar refractivity (Wildman–Crippen MR) is 94.3 cm³/mol. The van der Waals surface area contributed by atoms with Crippen molar-refractivity contribution in [2.24, 2.45) is 5.41 Å². The Morgan fingerprint density at radius 3 is 2.44 bits per heavy atom. The molecule has 0 spiro atoms. The summed E-state index contributed by atoms with van der Waals surface area (Å²) >= 11 is 0. The summed E-state index contributed by atoms with van der Waals surface area (Å²) in [6.45, 7) is 10.2. The van der Waals surface area contributed by atoms with Crippen molar-refractivity contribution < 1.29 is 4.79 Å². The highest BCUT2D eigenvalue weighted by atomic mass is 16.2. The monoisotopic (exact) mass is 346 g/mol. The second kappa shape index (κ2) is 6.51. The van der Waals surface area contributed by atoms with E-state index in [1.54, 1.807) is 0 Å². The number of rotatable bonds is 4. The Kier molecular flexibility index (Phi) is 4.94. The smallest absolute Gasteiger partial charge is 0.331 e. The molecule has 7 heteroatoms. The zero-order valence-electron chi connectivity index (χ0n) is 15.6. The molecular weight excluding hydrogens is 320 g/mol. The van der Waals surface area contributed by atoms with E-state index in [2.05, 4.69) is 26.1 Å². The van der Waals surface area contributed by atoms with Crippen molar-refractivity contribution in [1.82, 2.24) is 14.5 Å². The van der Waals surface area contributed by atoms with Gasteiger partial charge in [0.15, 0.2) is 0 Å². The van der Waals surface area contributed by atoms with Crippen molar-refractivity contribution in [3.05, 3.63) is 32.1 Å². The lowest BCUT2D eigenvalue weighted by Crippen LogP contribution is -2.50. The van der Waals surface area contributed by atoms with Crippen LogP contribution in [0.25, 0.3) is 0 Å². The summed E-state index contributed by atoms with van der Waals surface area (Å²) in [4.78, 5) is 37.4. The van der Waals surface area contributed by atoms with Crippen molar-refractivity contribution in [1.29, 1.82) is 5.26 Å². The normalized spacial score (nSPS) is 14.1. The van der Waals surface area contributed by atoms with E-state index in [4.69, 9.17) is 0 Å². The van der Waals surface area contributed by atoms with Gasteiger partial charge in [0.2, 0.25) is 5.91 Å². The van der Waals surface area contributed by atoms with Gasteiger partial charge in [0.1, 0.15) is 18.2 Å². The summed E-state index contributed by atoms with van der Waals surface area (Å²) in [6.07, 6.45) is 2.00. The summed E-state index contributed by atoms with van der Waals surface area (Å²) < 4.78 is 2.31. The average Bonchev–Trinajstić information content (AvgIpc) is 2.90. The topological polar surface area (TPSA) is 96.9 Å². The first kappa shape index (κ1) is 19.0. The Morgan fingerprint density at radius 1 is 1.24 bits per heavy atom. The van der Waals surface area contributed by atoms with Crippen LogP contribution in [-0.2, 0) is 24.3 Å². The highest BCUT2D eigenvalue weighted by molar-refractivity contribution is 5.76. The van der Waals surface area contributed by atoms with Crippen LogP contribution in [0.1, 0.15) is 58.7 Å². The molecule has 25 heavy (non-hydrogen) atoms. The van der Waals surface area contributed by atoms with Gasteiger partial charge in [0.25, 0.3) is 5.56 Å². The Labute approximate surface area is 147 Å². The van der Waals surface area contributed by atoms with Crippen molar-refractivity contribution in [3.63, 3.8) is 0 Å². The third-order valence-corrected chi connectivity index (χ3v) is 4.19. The van der Waals surface area contributed by atoms with Gasteiger partial charge in [-0.3, -0.25) is 14.2 Å². The van der Waals surface area contributed by atoms with E-state index in [0.29, 0.717) is 18.7 Å². The molecule has 0 aromatic carbocycles. The van der Waals surface area contributed by atoms with Crippen LogP contribution in [0.4, 0.5) is 0 Å². The lowest BCUT2D eigenvalue weighted by molar-refractivity contribution is -0.123. The van der Waals surface area contributed by atoms with E-state index in [1.807, 2.05) is 19.9 Å². The quantitative estimate of drug-likeness (QED) is 0.884. The Hall–Kier alpha value is -2.36. The molecule has 136 valence electrons. The molecule has 0 saturated carbocycles. The van der Waals surface area contributed by atoms with Gasteiger partial charge in [-0.05, 0) is 38.5 Å². The molecule has 1 aromatic heterocycles. The van der Waals surface area contributed by atoms with Crippen LogP contribution in [0, 0.1) is 16.7 Å². The van der Waals surface area contributed by atoms with Crippen molar-refractivity contribution in [3.8, 4) is 6.07 Å². The molecule has 1 aromatic rings. The zero-order chi connectivity index (χ0) is 19.0. The average molecular weight is 346 g/mol. The van der Waals surface area contributed by atoms with E-state index in [1.165, 1.54) is 4.57 Å². The van der Waals surface area contributed by atoms with Gasteiger partial charge in [-0.2, -0.15) is 5.26 Å². The number of carbonyl (C=O) groups is 1. The SMILES string of the molecule is CC(C)(C)CC(C)(C)NC(=O)Cn1c(=O)c(C#N)c2n(c1=O)CCC2. The number of hydrogen-bond donors (Lipinski definition) is 1. The number of aromatic nitrogens is 2. The molecule has 1 aliphatic rings. The van der Waals surface area contributed by atoms with Crippen LogP contribution in [0.3, 0.4) is 0 Å². The molecule has 0 fully saturated rings. The second-order valence-electron chi connectivity index (χ2n) is 8.53. The molecule has 1 aliphatic heterocycles. The van der Waals surface area contributed by atoms with E-state index in [9.17, 15) is 19.6 Å². The van der Waals surface area contributed by atoms with Gasteiger partial charge in [-0.25, -0.2) is 9.36 Å². The van der Waals surface area contributed by atoms with E-state index in [0.717, 1.165) is 17.4 Å². The third kappa shape index (κ3) is 4.19. The minimum atomic E-state index is -0.676. The van der Waals surface area contributed by atoms with Crippen LogP contribution in [-0.4, -0.2) is 20.6 Å². The van der Waals surface area contributed by atoms with Crippen LogP contribution >= 0.6 is 0 Å². The number of nitriles is 1. The number of nitrogens with zero attached hydrogens (tertiary/aromatic N) is 3. The first-order valence-electron chi connectivity index (χ1n) is 8.53. The van der Waals surface area contributed by atoms with Gasteiger partial charge in [0.05, 0.1) is 0 Å². The predicted octanol–water partition coefficient (Wildman–Crippen LogP) is 1.16. The minimum absolute atomic E-state index is 0.0225. The molecule has 7 nitrogen and oxygen atoms in total. The molecule has 0 atom stereocenters. The van der Waals surface area contributed by atoms with Crippen LogP contribution in [0.5, 0.6) is 0 Å². The maximum absolute atomic E-state index is 12.5. The van der Waals surface area contributed by atoms with Gasteiger partial charge in [-0.1, -0.05) is 20.8 Å². The number of nitrogens with one attached hydrogen (secondary N) is 1. The molecule has 2 rings (SSSR count). The summed E-state index contributed by atoms with van der Waals surface area (Å²) in [5, 5.41) is 12.2. The Balaban J connectivity index is 2.30. The summed E-state index contributed by atoms with van der Waals surface area (Å²) in [5.41, 5.74) is -1.18. The van der Waals surface area contributed by atoms with Gasteiger partial charge >= 0.3 is 5.69 Å². The van der Waals surface area contributed by atoms with Crippen LogP contribution in [0.15, 0.2) is 9.59 Å². The third-order valence-electron chi connectivity index (χ3n) is 4.19. The Bertz CT molecular complexity index is 847. The fourth-order valence-corrected chi connectivity index (χ4v) is 3.82. The maximum atomic E-state index is 12.5. The fraction of sp³-hybridized carbons (Fsp3) is 0.667. The van der Waals surface area contributed by atoms with Crippen molar-refractivity contribution >= 4 is 5.91 Å². The minimum Gasteiger partial charge on any atom is -0.350 e. The highest BCUT2D eigenvalue weighted by Crippen LogP contribution is 2.26. The van der Waals surface area contributed by atoms with Gasteiger partial charge < -0.3 is 5.32 Å². The fourth-order valence-electron chi connectivity index (χ4n) is 3.82. The molecule has 0 bridgehead atoms. The molecule has 0 aliphatic carbocycles. The molecule has 0 radical (unpaired) electrons. The van der Waals surface area contributed by atoms with Gasteiger partial charge in [-0.15, -0.1) is 0 Å². The molecule has 1 N–H and O–H groups in total. The lowest BCUT2D eigenvalue weighted by atomic mass is 9.82. The lowest BCUT2D eigenvalue weighted by Gasteiger charge is -2.33. The van der Waals surface area contributed by atoms with Crippen LogP contribution < -0.4 is 16.6 Å². The Morgan fingerprint density at radius 2 is 1.88 bits per heavy atom. The summed E-state index contributed by atoms with van der Waals surface area (Å²) in [5.74, 6) is -0.407.